The van der Waals surface area contributed by atoms with Crippen LogP contribution in [0.3, 0.4) is 0 Å². The molecule has 2 aromatic carbocycles. The number of benzene rings is 2. The molecule has 104 valence electrons. The Bertz CT molecular complexity index is 624. The maximum absolute atomic E-state index is 12.2. The van der Waals surface area contributed by atoms with E-state index in [4.69, 9.17) is 39.5 Å². The van der Waals surface area contributed by atoms with Crippen molar-refractivity contribution in [3.8, 4) is 5.75 Å². The monoisotopic (exact) mass is 328 g/mol. The minimum Gasteiger partial charge on any atom is -0.483 e. The number of carbonyl (C=O) groups excluding carboxylic acids is 1. The van der Waals surface area contributed by atoms with Crippen LogP contribution in [-0.4, -0.2) is 11.9 Å². The molecular formula is C15H11Cl3O2. The molecule has 0 aliphatic heterocycles. The molecule has 0 aliphatic rings. The van der Waals surface area contributed by atoms with Gasteiger partial charge in [0.05, 0.1) is 10.0 Å². The lowest BCUT2D eigenvalue weighted by Crippen LogP contribution is -2.23. The first-order valence-electron chi connectivity index (χ1n) is 5.89. The van der Waals surface area contributed by atoms with Crippen molar-refractivity contribution in [3.63, 3.8) is 0 Å². The topological polar surface area (TPSA) is 26.3 Å². The first-order valence-corrected chi connectivity index (χ1v) is 7.02. The Morgan fingerprint density at radius 1 is 1.00 bits per heavy atom. The number of halogens is 3. The number of carbonyl (C=O) groups is 1. The molecule has 0 heterocycles. The second kappa shape index (κ2) is 6.49. The zero-order valence-corrected chi connectivity index (χ0v) is 12.8. The van der Waals surface area contributed by atoms with Crippen LogP contribution in [-0.2, 0) is 0 Å². The number of hydrogen-bond donors (Lipinski definition) is 0. The lowest BCUT2D eigenvalue weighted by molar-refractivity contribution is 0.0818. The highest BCUT2D eigenvalue weighted by Crippen LogP contribution is 2.27. The fourth-order valence-electron chi connectivity index (χ4n) is 1.66. The first-order chi connectivity index (χ1) is 9.47. The second-order valence-corrected chi connectivity index (χ2v) is 5.46. The normalized spacial score (nSPS) is 12.0. The van der Waals surface area contributed by atoms with Gasteiger partial charge in [0.1, 0.15) is 5.75 Å². The summed E-state index contributed by atoms with van der Waals surface area (Å²) in [6, 6.07) is 11.5. The Morgan fingerprint density at radius 2 is 1.65 bits per heavy atom. The van der Waals surface area contributed by atoms with E-state index in [0.29, 0.717) is 26.4 Å². The number of hydrogen-bond acceptors (Lipinski definition) is 2. The molecule has 0 aromatic heterocycles. The molecule has 0 spiro atoms. The molecule has 0 saturated heterocycles. The number of Topliss-reactive ketones (excluding diaryl/α,β-unsaturated/α-hetero) is 1. The summed E-state index contributed by atoms with van der Waals surface area (Å²) in [7, 11) is 0. The molecule has 0 N–H and O–H groups in total. The zero-order chi connectivity index (χ0) is 14.7. The van der Waals surface area contributed by atoms with Crippen LogP contribution in [0.15, 0.2) is 42.5 Å². The van der Waals surface area contributed by atoms with Gasteiger partial charge in [-0.1, -0.05) is 34.8 Å². The molecule has 2 nitrogen and oxygen atoms in total. The van der Waals surface area contributed by atoms with Gasteiger partial charge < -0.3 is 4.74 Å². The van der Waals surface area contributed by atoms with Crippen LogP contribution in [0.25, 0.3) is 0 Å². The van der Waals surface area contributed by atoms with Crippen LogP contribution in [0.4, 0.5) is 0 Å². The summed E-state index contributed by atoms with van der Waals surface area (Å²) in [5.74, 6) is 0.363. The third-order valence-corrected chi connectivity index (χ3v) is 3.69. The molecular weight excluding hydrogens is 319 g/mol. The minimum atomic E-state index is -0.631. The fraction of sp³-hybridized carbons (Fsp3) is 0.133. The van der Waals surface area contributed by atoms with E-state index in [1.165, 1.54) is 0 Å². The smallest absolute Gasteiger partial charge is 0.202 e. The lowest BCUT2D eigenvalue weighted by Gasteiger charge is -2.14. The molecule has 0 aliphatic carbocycles. The van der Waals surface area contributed by atoms with Crippen molar-refractivity contribution in [2.75, 3.05) is 0 Å². The molecule has 1 unspecified atom stereocenters. The van der Waals surface area contributed by atoms with Crippen LogP contribution in [0.2, 0.25) is 15.1 Å². The summed E-state index contributed by atoms with van der Waals surface area (Å²) in [6.07, 6.45) is -0.631. The largest absolute Gasteiger partial charge is 0.483 e. The minimum absolute atomic E-state index is 0.132. The van der Waals surface area contributed by atoms with E-state index in [0.717, 1.165) is 0 Å². The van der Waals surface area contributed by atoms with Crippen LogP contribution < -0.4 is 4.74 Å². The van der Waals surface area contributed by atoms with Gasteiger partial charge in [-0.2, -0.15) is 0 Å². The Kier molecular flexibility index (Phi) is 4.92. The standard InChI is InChI=1S/C15H11Cl3O2/c1-9(15(19)10-2-4-11(16)5-3-10)20-12-6-7-13(17)14(18)8-12/h2-9H,1H3. The summed E-state index contributed by atoms with van der Waals surface area (Å²) >= 11 is 17.5. The highest BCUT2D eigenvalue weighted by atomic mass is 35.5. The van der Waals surface area contributed by atoms with Crippen LogP contribution >= 0.6 is 34.8 Å². The third-order valence-electron chi connectivity index (χ3n) is 2.70. The van der Waals surface area contributed by atoms with Crippen molar-refractivity contribution in [1.82, 2.24) is 0 Å². The van der Waals surface area contributed by atoms with Crippen molar-refractivity contribution in [2.45, 2.75) is 13.0 Å². The maximum atomic E-state index is 12.2. The molecule has 1 atom stereocenters. The highest BCUT2D eigenvalue weighted by Gasteiger charge is 2.17. The summed E-state index contributed by atoms with van der Waals surface area (Å²) in [5, 5.41) is 1.41. The van der Waals surface area contributed by atoms with E-state index < -0.39 is 6.10 Å². The Balaban J connectivity index is 2.11. The van der Waals surface area contributed by atoms with Crippen molar-refractivity contribution in [3.05, 3.63) is 63.1 Å². The van der Waals surface area contributed by atoms with E-state index in [1.807, 2.05) is 0 Å². The molecule has 2 rings (SSSR count). The summed E-state index contributed by atoms with van der Waals surface area (Å²) in [4.78, 5) is 12.2. The van der Waals surface area contributed by atoms with Crippen molar-refractivity contribution in [2.24, 2.45) is 0 Å². The van der Waals surface area contributed by atoms with Gasteiger partial charge in [0, 0.05) is 16.7 Å². The number of ether oxygens (including phenoxy) is 1. The number of ketones is 1. The van der Waals surface area contributed by atoms with E-state index >= 15 is 0 Å². The predicted octanol–water partition coefficient (Wildman–Crippen LogP) is 5.30. The van der Waals surface area contributed by atoms with Gasteiger partial charge >= 0.3 is 0 Å². The molecule has 2 aromatic rings. The van der Waals surface area contributed by atoms with E-state index in [2.05, 4.69) is 0 Å². The van der Waals surface area contributed by atoms with Gasteiger partial charge in [0.2, 0.25) is 5.78 Å². The molecule has 5 heteroatoms. The predicted molar refractivity (Wildman–Crippen MR) is 82.3 cm³/mol. The Hall–Kier alpha value is -1.22. The highest BCUT2D eigenvalue weighted by molar-refractivity contribution is 6.42. The van der Waals surface area contributed by atoms with Gasteiger partial charge in [-0.15, -0.1) is 0 Å². The first kappa shape index (κ1) is 15.2. The van der Waals surface area contributed by atoms with Gasteiger partial charge in [-0.05, 0) is 43.3 Å². The van der Waals surface area contributed by atoms with Crippen LogP contribution in [0.5, 0.6) is 5.75 Å². The molecule has 0 amide bonds. The Labute approximate surface area is 132 Å². The molecule has 20 heavy (non-hydrogen) atoms. The quantitative estimate of drug-likeness (QED) is 0.712. The summed E-state index contributed by atoms with van der Waals surface area (Å²) < 4.78 is 5.57. The fourth-order valence-corrected chi connectivity index (χ4v) is 2.07. The van der Waals surface area contributed by atoms with Crippen molar-refractivity contribution in [1.29, 1.82) is 0 Å². The van der Waals surface area contributed by atoms with Crippen LogP contribution in [0, 0.1) is 0 Å². The van der Waals surface area contributed by atoms with Gasteiger partial charge in [-0.3, -0.25) is 4.79 Å². The van der Waals surface area contributed by atoms with E-state index in [-0.39, 0.29) is 5.78 Å². The molecule has 0 fully saturated rings. The summed E-state index contributed by atoms with van der Waals surface area (Å²) in [6.45, 7) is 1.68. The van der Waals surface area contributed by atoms with Crippen molar-refractivity contribution < 1.29 is 9.53 Å². The zero-order valence-electron chi connectivity index (χ0n) is 10.6. The summed E-state index contributed by atoms with van der Waals surface area (Å²) in [5.41, 5.74) is 0.543. The lowest BCUT2D eigenvalue weighted by atomic mass is 10.1. The van der Waals surface area contributed by atoms with E-state index in [9.17, 15) is 4.79 Å². The van der Waals surface area contributed by atoms with E-state index in [1.54, 1.807) is 49.4 Å². The average Bonchev–Trinajstić information content (AvgIpc) is 2.43. The molecule has 0 bridgehead atoms. The van der Waals surface area contributed by atoms with Gasteiger partial charge in [0.15, 0.2) is 6.10 Å². The maximum Gasteiger partial charge on any atom is 0.202 e. The van der Waals surface area contributed by atoms with Crippen LogP contribution in [0.1, 0.15) is 17.3 Å². The molecule has 0 saturated carbocycles. The van der Waals surface area contributed by atoms with Gasteiger partial charge in [0.25, 0.3) is 0 Å². The number of rotatable bonds is 4. The SMILES string of the molecule is CC(Oc1ccc(Cl)c(Cl)c1)C(=O)c1ccc(Cl)cc1. The second-order valence-electron chi connectivity index (χ2n) is 4.21. The third kappa shape index (κ3) is 3.66. The molecule has 0 radical (unpaired) electrons. The van der Waals surface area contributed by atoms with Gasteiger partial charge in [-0.25, -0.2) is 0 Å². The van der Waals surface area contributed by atoms with Crippen molar-refractivity contribution >= 4 is 40.6 Å². The average molecular weight is 330 g/mol. The Morgan fingerprint density at radius 3 is 2.25 bits per heavy atom.